The summed E-state index contributed by atoms with van der Waals surface area (Å²) in [4.78, 5) is 25.0. The number of carbonyl (C=O) groups excluding carboxylic acids is 2. The summed E-state index contributed by atoms with van der Waals surface area (Å²) in [6.45, 7) is 4.68. The highest BCUT2D eigenvalue weighted by Gasteiger charge is 2.32. The lowest BCUT2D eigenvalue weighted by atomic mass is 10.0. The maximum Gasteiger partial charge on any atom is 0.255 e. The predicted molar refractivity (Wildman–Crippen MR) is 65.6 cm³/mol. The smallest absolute Gasteiger partial charge is 0.255 e. The minimum Gasteiger partial charge on any atom is -0.325 e. The van der Waals surface area contributed by atoms with E-state index in [-0.39, 0.29) is 11.9 Å². The zero-order valence-corrected chi connectivity index (χ0v) is 10.2. The van der Waals surface area contributed by atoms with Crippen molar-refractivity contribution < 1.29 is 9.59 Å². The lowest BCUT2D eigenvalue weighted by Crippen LogP contribution is -2.37. The van der Waals surface area contributed by atoms with Crippen LogP contribution in [0.15, 0.2) is 24.3 Å². The van der Waals surface area contributed by atoms with Crippen molar-refractivity contribution in [3.63, 3.8) is 0 Å². The molecule has 2 rings (SSSR count). The van der Waals surface area contributed by atoms with E-state index in [9.17, 15) is 9.59 Å². The molecule has 90 valence electrons. The molecule has 0 aliphatic carbocycles. The van der Waals surface area contributed by atoms with Crippen LogP contribution in [0.25, 0.3) is 0 Å². The van der Waals surface area contributed by atoms with Gasteiger partial charge in [0.15, 0.2) is 0 Å². The average molecular weight is 231 g/mol. The van der Waals surface area contributed by atoms with Gasteiger partial charge in [-0.25, -0.2) is 0 Å². The molecule has 1 amide bonds. The van der Waals surface area contributed by atoms with E-state index in [0.29, 0.717) is 12.5 Å². The molecule has 1 aromatic carbocycles. The van der Waals surface area contributed by atoms with Crippen molar-refractivity contribution in [2.75, 3.05) is 0 Å². The van der Waals surface area contributed by atoms with Gasteiger partial charge >= 0.3 is 0 Å². The van der Waals surface area contributed by atoms with Crippen LogP contribution >= 0.6 is 0 Å². The van der Waals surface area contributed by atoms with E-state index in [1.807, 2.05) is 24.3 Å². The molecule has 0 bridgehead atoms. The number of hydrogen-bond donors (Lipinski definition) is 0. The molecule has 3 nitrogen and oxygen atoms in total. The first-order valence-electron chi connectivity index (χ1n) is 5.97. The van der Waals surface area contributed by atoms with Gasteiger partial charge in [-0.15, -0.1) is 0 Å². The summed E-state index contributed by atoms with van der Waals surface area (Å²) in [5.41, 5.74) is 1.76. The fraction of sp³-hybridized carbons (Fsp3) is 0.429. The fourth-order valence-corrected chi connectivity index (χ4v) is 2.28. The van der Waals surface area contributed by atoms with Gasteiger partial charge in [-0.3, -0.25) is 4.79 Å². The van der Waals surface area contributed by atoms with Crippen LogP contribution in [0, 0.1) is 5.92 Å². The molecular weight excluding hydrogens is 214 g/mol. The minimum atomic E-state index is -0.296. The quantitative estimate of drug-likeness (QED) is 0.745. The Morgan fingerprint density at radius 3 is 2.65 bits per heavy atom. The highest BCUT2D eigenvalue weighted by molar-refractivity contribution is 5.99. The van der Waals surface area contributed by atoms with Gasteiger partial charge in [0, 0.05) is 12.1 Å². The molecule has 1 aliphatic rings. The first-order valence-corrected chi connectivity index (χ1v) is 5.97. The van der Waals surface area contributed by atoms with Crippen LogP contribution in [0.4, 0.5) is 0 Å². The predicted octanol–water partition coefficient (Wildman–Crippen LogP) is 2.26. The van der Waals surface area contributed by atoms with Crippen LogP contribution < -0.4 is 0 Å². The minimum absolute atomic E-state index is 0.0154. The molecule has 0 saturated carbocycles. The lowest BCUT2D eigenvalue weighted by Gasteiger charge is -2.24. The Hall–Kier alpha value is -1.64. The third-order valence-corrected chi connectivity index (χ3v) is 3.12. The Morgan fingerprint density at radius 1 is 1.35 bits per heavy atom. The molecule has 0 spiro atoms. The number of amides is 1. The van der Waals surface area contributed by atoms with E-state index in [0.717, 1.165) is 23.8 Å². The van der Waals surface area contributed by atoms with Crippen LogP contribution in [-0.2, 0) is 11.3 Å². The number of nitrogens with zero attached hydrogens (tertiary/aromatic N) is 1. The van der Waals surface area contributed by atoms with Crippen molar-refractivity contribution in [2.45, 2.75) is 32.9 Å². The second kappa shape index (κ2) is 4.70. The third-order valence-electron chi connectivity index (χ3n) is 3.12. The number of rotatable bonds is 4. The van der Waals surface area contributed by atoms with Crippen LogP contribution in [0.2, 0.25) is 0 Å². The van der Waals surface area contributed by atoms with Gasteiger partial charge in [-0.2, -0.15) is 0 Å². The van der Waals surface area contributed by atoms with Gasteiger partial charge in [0.05, 0.1) is 6.04 Å². The summed E-state index contributed by atoms with van der Waals surface area (Å²) in [5.74, 6) is 0.389. The summed E-state index contributed by atoms with van der Waals surface area (Å²) in [7, 11) is 0. The van der Waals surface area contributed by atoms with Crippen molar-refractivity contribution in [2.24, 2.45) is 5.92 Å². The zero-order valence-electron chi connectivity index (χ0n) is 10.2. The lowest BCUT2D eigenvalue weighted by molar-refractivity contribution is -0.112. The zero-order chi connectivity index (χ0) is 12.4. The Morgan fingerprint density at radius 2 is 2.06 bits per heavy atom. The van der Waals surface area contributed by atoms with Gasteiger partial charge in [0.2, 0.25) is 0 Å². The summed E-state index contributed by atoms with van der Waals surface area (Å²) >= 11 is 0. The standard InChI is InChI=1S/C14H17NO2/c1-10(2)7-12(9-16)15-8-11-5-3-4-6-13(11)14(15)17/h3-6,9-10,12H,7-8H2,1-2H3/t12-/m0/s1. The van der Waals surface area contributed by atoms with Crippen molar-refractivity contribution in [1.29, 1.82) is 0 Å². The number of hydrogen-bond acceptors (Lipinski definition) is 2. The van der Waals surface area contributed by atoms with Crippen molar-refractivity contribution >= 4 is 12.2 Å². The maximum absolute atomic E-state index is 12.1. The average Bonchev–Trinajstić information content (AvgIpc) is 2.64. The largest absolute Gasteiger partial charge is 0.325 e. The Labute approximate surface area is 101 Å². The molecular formula is C14H17NO2. The number of carbonyl (C=O) groups is 2. The molecule has 0 unspecified atom stereocenters. The van der Waals surface area contributed by atoms with Gasteiger partial charge in [0.25, 0.3) is 5.91 Å². The molecule has 1 aromatic rings. The first-order chi connectivity index (χ1) is 8.13. The normalized spacial score (nSPS) is 16.2. The molecule has 0 radical (unpaired) electrons. The van der Waals surface area contributed by atoms with E-state index in [1.54, 1.807) is 4.90 Å². The van der Waals surface area contributed by atoms with Crippen LogP contribution in [-0.4, -0.2) is 23.1 Å². The molecule has 0 saturated heterocycles. The van der Waals surface area contributed by atoms with E-state index in [1.165, 1.54) is 0 Å². The summed E-state index contributed by atoms with van der Waals surface area (Å²) in [6, 6.07) is 7.27. The van der Waals surface area contributed by atoms with Gasteiger partial charge in [-0.1, -0.05) is 32.0 Å². The highest BCUT2D eigenvalue weighted by atomic mass is 16.2. The highest BCUT2D eigenvalue weighted by Crippen LogP contribution is 2.25. The first kappa shape index (κ1) is 11.8. The summed E-state index contributed by atoms with van der Waals surface area (Å²) < 4.78 is 0. The molecule has 3 heteroatoms. The van der Waals surface area contributed by atoms with Gasteiger partial charge in [0.1, 0.15) is 6.29 Å². The molecule has 0 fully saturated rings. The number of aldehydes is 1. The maximum atomic E-state index is 12.1. The van der Waals surface area contributed by atoms with Crippen LogP contribution in [0.3, 0.4) is 0 Å². The number of benzene rings is 1. The van der Waals surface area contributed by atoms with Gasteiger partial charge in [-0.05, 0) is 24.0 Å². The second-order valence-electron chi connectivity index (χ2n) is 4.92. The Bertz CT molecular complexity index is 440. The van der Waals surface area contributed by atoms with Crippen molar-refractivity contribution in [3.05, 3.63) is 35.4 Å². The van der Waals surface area contributed by atoms with Crippen LogP contribution in [0.1, 0.15) is 36.2 Å². The third kappa shape index (κ3) is 2.23. The molecule has 0 N–H and O–H groups in total. The second-order valence-corrected chi connectivity index (χ2v) is 4.92. The fourth-order valence-electron chi connectivity index (χ4n) is 2.28. The molecule has 1 aliphatic heterocycles. The van der Waals surface area contributed by atoms with E-state index >= 15 is 0 Å². The van der Waals surface area contributed by atoms with Crippen molar-refractivity contribution in [3.8, 4) is 0 Å². The Kier molecular flexibility index (Phi) is 3.27. The SMILES string of the molecule is CC(C)C[C@@H](C=O)N1Cc2ccccc2C1=O. The van der Waals surface area contributed by atoms with Crippen molar-refractivity contribution in [1.82, 2.24) is 4.90 Å². The molecule has 1 heterocycles. The van der Waals surface area contributed by atoms with Gasteiger partial charge < -0.3 is 9.69 Å². The Balaban J connectivity index is 2.21. The van der Waals surface area contributed by atoms with E-state index in [2.05, 4.69) is 13.8 Å². The number of fused-ring (bicyclic) bond motifs is 1. The molecule has 17 heavy (non-hydrogen) atoms. The van der Waals surface area contributed by atoms with E-state index in [4.69, 9.17) is 0 Å². The summed E-state index contributed by atoms with van der Waals surface area (Å²) in [6.07, 6.45) is 1.62. The monoisotopic (exact) mass is 231 g/mol. The van der Waals surface area contributed by atoms with E-state index < -0.39 is 0 Å². The molecule has 1 atom stereocenters. The topological polar surface area (TPSA) is 37.4 Å². The summed E-state index contributed by atoms with van der Waals surface area (Å²) in [5, 5.41) is 0. The molecule has 0 aromatic heterocycles. The van der Waals surface area contributed by atoms with Crippen LogP contribution in [0.5, 0.6) is 0 Å².